The number of nitrogens with zero attached hydrogens (tertiary/aromatic N) is 1. The first-order chi connectivity index (χ1) is 8.36. The summed E-state index contributed by atoms with van der Waals surface area (Å²) in [5, 5.41) is 9.78. The molecule has 1 aromatic rings. The van der Waals surface area contributed by atoms with Gasteiger partial charge in [-0.15, -0.1) is 0 Å². The summed E-state index contributed by atoms with van der Waals surface area (Å²) in [6, 6.07) is 1.64. The van der Waals surface area contributed by atoms with Crippen LogP contribution < -0.4 is 5.73 Å². The number of β-amino-alcohol motifs (C(OH)–C–C–N with tert-alkyl or cyclic N) is 1. The molecule has 3 N–H and O–H groups in total. The summed E-state index contributed by atoms with van der Waals surface area (Å²) in [5.74, 6) is -2.34. The van der Waals surface area contributed by atoms with Gasteiger partial charge >= 0.3 is 0 Å². The second-order valence-electron chi connectivity index (χ2n) is 4.60. The van der Waals surface area contributed by atoms with Crippen molar-refractivity contribution in [3.8, 4) is 0 Å². The van der Waals surface area contributed by atoms with Gasteiger partial charge in [0.1, 0.15) is 5.82 Å². The number of anilines is 1. The fourth-order valence-electron chi connectivity index (χ4n) is 1.97. The van der Waals surface area contributed by atoms with Crippen LogP contribution in [0.25, 0.3) is 0 Å². The van der Waals surface area contributed by atoms with Crippen molar-refractivity contribution >= 4 is 11.6 Å². The number of nitrogens with two attached hydrogens (primary N) is 1. The van der Waals surface area contributed by atoms with E-state index in [2.05, 4.69) is 0 Å². The first-order valence-electron chi connectivity index (χ1n) is 5.62. The van der Waals surface area contributed by atoms with Crippen LogP contribution in [0.4, 0.5) is 14.5 Å². The zero-order valence-corrected chi connectivity index (χ0v) is 9.91. The van der Waals surface area contributed by atoms with Crippen LogP contribution in [0.2, 0.25) is 0 Å². The van der Waals surface area contributed by atoms with Crippen LogP contribution >= 0.6 is 0 Å². The fraction of sp³-hybridized carbons (Fsp3) is 0.417. The van der Waals surface area contributed by atoms with Crippen molar-refractivity contribution in [2.75, 3.05) is 18.8 Å². The van der Waals surface area contributed by atoms with E-state index in [1.165, 1.54) is 4.90 Å². The first-order valence-corrected chi connectivity index (χ1v) is 5.62. The Kier molecular flexibility index (Phi) is 2.98. The number of halogens is 2. The third kappa shape index (κ3) is 2.03. The maximum absolute atomic E-state index is 13.6. The summed E-state index contributed by atoms with van der Waals surface area (Å²) >= 11 is 0. The molecule has 0 unspecified atom stereocenters. The minimum Gasteiger partial charge on any atom is -0.396 e. The number of rotatable bonds is 2. The predicted molar refractivity (Wildman–Crippen MR) is 61.9 cm³/mol. The van der Waals surface area contributed by atoms with E-state index in [4.69, 9.17) is 5.73 Å². The standard InChI is InChI=1S/C12H14F2N2O2/c1-2-12(18)5-16(6-12)11(17)8-3-7(13)4-9(15)10(8)14/h3-4,18H,2,5-6,15H2,1H3. The summed E-state index contributed by atoms with van der Waals surface area (Å²) < 4.78 is 26.7. The van der Waals surface area contributed by atoms with E-state index >= 15 is 0 Å². The van der Waals surface area contributed by atoms with Crippen LogP contribution in [-0.4, -0.2) is 34.6 Å². The van der Waals surface area contributed by atoms with Gasteiger partial charge in [-0.05, 0) is 18.6 Å². The highest BCUT2D eigenvalue weighted by molar-refractivity contribution is 5.96. The molecule has 1 aliphatic heterocycles. The van der Waals surface area contributed by atoms with Gasteiger partial charge in [-0.1, -0.05) is 6.92 Å². The quantitative estimate of drug-likeness (QED) is 0.780. The Bertz CT molecular complexity index is 499. The lowest BCUT2D eigenvalue weighted by Gasteiger charge is -2.46. The fourth-order valence-corrected chi connectivity index (χ4v) is 1.97. The van der Waals surface area contributed by atoms with E-state index < -0.39 is 34.4 Å². The molecule has 0 atom stereocenters. The Labute approximate surface area is 103 Å². The summed E-state index contributed by atoms with van der Waals surface area (Å²) in [4.78, 5) is 13.2. The number of aliphatic hydroxyl groups is 1. The molecule has 0 spiro atoms. The summed E-state index contributed by atoms with van der Waals surface area (Å²) in [5.41, 5.74) is 3.56. The van der Waals surface area contributed by atoms with Crippen molar-refractivity contribution in [1.82, 2.24) is 4.90 Å². The number of carbonyl (C=O) groups excluding carboxylic acids is 1. The second-order valence-corrected chi connectivity index (χ2v) is 4.60. The summed E-state index contributed by atoms with van der Waals surface area (Å²) in [7, 11) is 0. The Balaban J connectivity index is 2.21. The third-order valence-corrected chi connectivity index (χ3v) is 3.21. The van der Waals surface area contributed by atoms with Gasteiger partial charge in [-0.3, -0.25) is 4.79 Å². The molecule has 0 saturated carbocycles. The van der Waals surface area contributed by atoms with Crippen LogP contribution in [0.1, 0.15) is 23.7 Å². The maximum atomic E-state index is 13.6. The van der Waals surface area contributed by atoms with Gasteiger partial charge in [-0.2, -0.15) is 0 Å². The maximum Gasteiger partial charge on any atom is 0.257 e. The van der Waals surface area contributed by atoms with E-state index in [0.29, 0.717) is 6.42 Å². The van der Waals surface area contributed by atoms with Gasteiger partial charge < -0.3 is 15.7 Å². The highest BCUT2D eigenvalue weighted by atomic mass is 19.1. The normalized spacial score (nSPS) is 17.4. The molecule has 98 valence electrons. The highest BCUT2D eigenvalue weighted by Crippen LogP contribution is 2.27. The van der Waals surface area contributed by atoms with Crippen molar-refractivity contribution in [3.05, 3.63) is 29.3 Å². The molecule has 1 fully saturated rings. The first kappa shape index (κ1) is 12.8. The van der Waals surface area contributed by atoms with Crippen LogP contribution in [0.5, 0.6) is 0 Å². The Morgan fingerprint density at radius 3 is 2.67 bits per heavy atom. The second kappa shape index (κ2) is 4.20. The number of hydrogen-bond donors (Lipinski definition) is 2. The molecule has 1 aliphatic rings. The molecule has 0 aliphatic carbocycles. The summed E-state index contributed by atoms with van der Waals surface area (Å²) in [6.45, 7) is 2.04. The van der Waals surface area contributed by atoms with Gasteiger partial charge in [0.25, 0.3) is 5.91 Å². The smallest absolute Gasteiger partial charge is 0.257 e. The molecule has 2 rings (SSSR count). The van der Waals surface area contributed by atoms with Crippen molar-refractivity contribution in [3.63, 3.8) is 0 Å². The van der Waals surface area contributed by atoms with E-state index in [1.54, 1.807) is 6.92 Å². The van der Waals surface area contributed by atoms with Gasteiger partial charge in [-0.25, -0.2) is 8.78 Å². The van der Waals surface area contributed by atoms with Crippen LogP contribution in [0, 0.1) is 11.6 Å². The minimum absolute atomic E-state index is 0.123. The number of likely N-dealkylation sites (tertiary alicyclic amines) is 1. The molecular weight excluding hydrogens is 242 g/mol. The SMILES string of the molecule is CCC1(O)CN(C(=O)c2cc(F)cc(N)c2F)C1. The number of carbonyl (C=O) groups is 1. The average Bonchev–Trinajstić information content (AvgIpc) is 2.28. The lowest BCUT2D eigenvalue weighted by molar-refractivity contribution is -0.0827. The van der Waals surface area contributed by atoms with Gasteiger partial charge in [0.05, 0.1) is 29.9 Å². The zero-order chi connectivity index (χ0) is 13.5. The number of nitrogen functional groups attached to an aromatic ring is 1. The van der Waals surface area contributed by atoms with Gasteiger partial charge in [0, 0.05) is 0 Å². The molecule has 4 nitrogen and oxygen atoms in total. The van der Waals surface area contributed by atoms with Crippen molar-refractivity contribution in [1.29, 1.82) is 0 Å². The van der Waals surface area contributed by atoms with E-state index in [0.717, 1.165) is 12.1 Å². The van der Waals surface area contributed by atoms with Gasteiger partial charge in [0.15, 0.2) is 5.82 Å². The van der Waals surface area contributed by atoms with Crippen LogP contribution in [0.15, 0.2) is 12.1 Å². The summed E-state index contributed by atoms with van der Waals surface area (Å²) in [6.07, 6.45) is 0.505. The monoisotopic (exact) mass is 256 g/mol. The van der Waals surface area contributed by atoms with E-state index in [9.17, 15) is 18.7 Å². The van der Waals surface area contributed by atoms with Crippen molar-refractivity contribution in [2.45, 2.75) is 18.9 Å². The Morgan fingerprint density at radius 2 is 2.11 bits per heavy atom. The molecule has 1 amide bonds. The zero-order valence-electron chi connectivity index (χ0n) is 9.91. The Hall–Kier alpha value is -1.69. The molecule has 6 heteroatoms. The van der Waals surface area contributed by atoms with Crippen LogP contribution in [0.3, 0.4) is 0 Å². The van der Waals surface area contributed by atoms with Gasteiger partial charge in [0.2, 0.25) is 0 Å². The molecule has 1 saturated heterocycles. The van der Waals surface area contributed by atoms with E-state index in [1.807, 2.05) is 0 Å². The molecule has 0 radical (unpaired) electrons. The number of amides is 1. The average molecular weight is 256 g/mol. The molecule has 0 aromatic heterocycles. The Morgan fingerprint density at radius 1 is 1.50 bits per heavy atom. The largest absolute Gasteiger partial charge is 0.396 e. The molecular formula is C12H14F2N2O2. The topological polar surface area (TPSA) is 66.6 Å². The molecule has 18 heavy (non-hydrogen) atoms. The minimum atomic E-state index is -0.923. The number of benzene rings is 1. The highest BCUT2D eigenvalue weighted by Gasteiger charge is 2.42. The van der Waals surface area contributed by atoms with E-state index in [-0.39, 0.29) is 13.1 Å². The third-order valence-electron chi connectivity index (χ3n) is 3.21. The molecule has 0 bridgehead atoms. The molecule has 1 aromatic carbocycles. The van der Waals surface area contributed by atoms with Crippen molar-refractivity contribution < 1.29 is 18.7 Å². The van der Waals surface area contributed by atoms with Crippen molar-refractivity contribution in [2.24, 2.45) is 0 Å². The lowest BCUT2D eigenvalue weighted by atomic mass is 9.90. The predicted octanol–water partition coefficient (Wildman–Crippen LogP) is 1.14. The lowest BCUT2D eigenvalue weighted by Crippen LogP contribution is -2.63. The van der Waals surface area contributed by atoms with Crippen LogP contribution in [-0.2, 0) is 0 Å². The number of hydrogen-bond acceptors (Lipinski definition) is 3. The molecule has 1 heterocycles.